The highest BCUT2D eigenvalue weighted by molar-refractivity contribution is 7.89. The molecule has 0 spiro atoms. The van der Waals surface area contributed by atoms with Crippen LogP contribution in [0.15, 0.2) is 65.2 Å². The van der Waals surface area contributed by atoms with E-state index in [2.05, 4.69) is 10.3 Å². The van der Waals surface area contributed by atoms with Gasteiger partial charge in [-0.05, 0) is 31.2 Å². The molecule has 1 aliphatic rings. The maximum atomic E-state index is 12.8. The van der Waals surface area contributed by atoms with Crippen LogP contribution < -0.4 is 0 Å². The first kappa shape index (κ1) is 27.4. The van der Waals surface area contributed by atoms with Gasteiger partial charge in [-0.3, -0.25) is 10.1 Å². The van der Waals surface area contributed by atoms with Gasteiger partial charge in [-0.15, -0.1) is 5.10 Å². The van der Waals surface area contributed by atoms with Gasteiger partial charge in [0.25, 0.3) is 5.69 Å². The minimum atomic E-state index is -3.48. The Hall–Kier alpha value is -4.14. The van der Waals surface area contributed by atoms with Crippen LogP contribution in [0.1, 0.15) is 28.2 Å². The molecule has 1 unspecified atom stereocenters. The zero-order valence-electron chi connectivity index (χ0n) is 21.7. The molecule has 0 aliphatic carbocycles. The minimum Gasteiger partial charge on any atom is -0.460 e. The molecule has 1 fully saturated rings. The summed E-state index contributed by atoms with van der Waals surface area (Å²) < 4.78 is 39.5. The molecule has 0 N–H and O–H groups in total. The smallest absolute Gasteiger partial charge is 0.374 e. The highest BCUT2D eigenvalue weighted by Crippen LogP contribution is 2.22. The molecule has 2 aromatic carbocycles. The number of nitro benzene ring substituents is 1. The average molecular weight is 569 g/mol. The summed E-state index contributed by atoms with van der Waals surface area (Å²) in [6.45, 7) is 1.49. The maximum Gasteiger partial charge on any atom is 0.374 e. The van der Waals surface area contributed by atoms with Crippen molar-refractivity contribution in [3.63, 3.8) is 0 Å². The third-order valence-electron chi connectivity index (χ3n) is 6.77. The largest absolute Gasteiger partial charge is 0.460 e. The molecule has 5 rings (SSSR count). The Bertz CT molecular complexity index is 1580. The van der Waals surface area contributed by atoms with E-state index < -0.39 is 20.9 Å². The molecule has 0 amide bonds. The molecule has 0 saturated carbocycles. The highest BCUT2D eigenvalue weighted by Gasteiger charge is 2.38. The van der Waals surface area contributed by atoms with Crippen LogP contribution in [-0.4, -0.2) is 82.0 Å². The van der Waals surface area contributed by atoms with Gasteiger partial charge in [0, 0.05) is 36.7 Å². The fraction of sp³-hybridized carbons (Fsp3) is 0.346. The van der Waals surface area contributed by atoms with Crippen LogP contribution in [0, 0.1) is 10.1 Å². The molecule has 1 saturated heterocycles. The van der Waals surface area contributed by atoms with Crippen molar-refractivity contribution in [2.75, 3.05) is 32.5 Å². The lowest BCUT2D eigenvalue weighted by Crippen LogP contribution is -2.37. The number of aromatic nitrogens is 3. The number of nitrogens with zero attached hydrogens (tertiary/aromatic N) is 6. The zero-order chi connectivity index (χ0) is 28.3. The Labute approximate surface area is 230 Å². The van der Waals surface area contributed by atoms with Crippen LogP contribution >= 0.6 is 0 Å². The number of carbonyl (C=O) groups is 1. The number of carbonyl (C=O) groups excluding carboxylic acids is 1. The third-order valence-corrected chi connectivity index (χ3v) is 8.64. The first-order valence-corrected chi connectivity index (χ1v) is 14.2. The second-order valence-corrected chi connectivity index (χ2v) is 11.7. The Morgan fingerprint density at radius 3 is 2.73 bits per heavy atom. The van der Waals surface area contributed by atoms with Gasteiger partial charge in [0.15, 0.2) is 0 Å². The Kier molecular flexibility index (Phi) is 7.91. The summed E-state index contributed by atoms with van der Waals surface area (Å²) in [4.78, 5) is 24.6. The van der Waals surface area contributed by atoms with Gasteiger partial charge in [0.05, 0.1) is 42.3 Å². The van der Waals surface area contributed by atoms with Crippen molar-refractivity contribution in [3.05, 3.63) is 87.9 Å². The standard InChI is InChI=1S/C26H28N6O7S/c1-29(11-4-12-38-26(33)25-13-20-5-2-3-6-24(20)39-25)23-17-31(40(36,37)18-23)16-21-15-30(28-27-21)14-19-7-9-22(10-8-19)32(34)35/h2-3,5-10,13,15,23H,4,11-12,14,16-18H2,1H3. The molecule has 210 valence electrons. The summed E-state index contributed by atoms with van der Waals surface area (Å²) in [5.74, 6) is -0.397. The molecular weight excluding hydrogens is 540 g/mol. The first-order chi connectivity index (χ1) is 19.2. The van der Waals surface area contributed by atoms with E-state index in [4.69, 9.17) is 9.15 Å². The van der Waals surface area contributed by atoms with Gasteiger partial charge in [0.1, 0.15) is 5.58 Å². The lowest BCUT2D eigenvalue weighted by atomic mass is 10.2. The van der Waals surface area contributed by atoms with E-state index in [1.165, 1.54) is 16.4 Å². The predicted octanol–water partition coefficient (Wildman–Crippen LogP) is 2.67. The number of hydrogen-bond donors (Lipinski definition) is 0. The van der Waals surface area contributed by atoms with E-state index in [0.717, 1.165) is 10.9 Å². The maximum absolute atomic E-state index is 12.8. The van der Waals surface area contributed by atoms with Crippen LogP contribution in [0.2, 0.25) is 0 Å². The van der Waals surface area contributed by atoms with E-state index in [-0.39, 0.29) is 36.4 Å². The SMILES string of the molecule is CN(CCCOC(=O)c1cc2ccccc2o1)C1CN(Cc2cn(Cc3ccc([N+](=O)[O-])cc3)nn2)S(=O)(=O)C1. The van der Waals surface area contributed by atoms with Gasteiger partial charge in [0.2, 0.25) is 15.8 Å². The van der Waals surface area contributed by atoms with Crippen LogP contribution in [0.25, 0.3) is 11.0 Å². The number of para-hydroxylation sites is 1. The van der Waals surface area contributed by atoms with Gasteiger partial charge < -0.3 is 14.1 Å². The molecule has 40 heavy (non-hydrogen) atoms. The summed E-state index contributed by atoms with van der Waals surface area (Å²) in [5.41, 5.74) is 1.94. The van der Waals surface area contributed by atoms with Crippen molar-refractivity contribution in [1.29, 1.82) is 0 Å². The number of non-ortho nitro benzene ring substituents is 1. The summed E-state index contributed by atoms with van der Waals surface area (Å²) in [5, 5.41) is 19.8. The molecule has 2 aromatic heterocycles. The van der Waals surface area contributed by atoms with E-state index in [1.807, 2.05) is 30.1 Å². The van der Waals surface area contributed by atoms with E-state index in [9.17, 15) is 23.3 Å². The van der Waals surface area contributed by atoms with Crippen LogP contribution in [-0.2, 0) is 27.8 Å². The second-order valence-electron chi connectivity index (χ2n) is 9.67. The Balaban J connectivity index is 1.08. The molecule has 1 aliphatic heterocycles. The van der Waals surface area contributed by atoms with E-state index in [0.29, 0.717) is 37.3 Å². The molecular formula is C26H28N6O7S. The normalized spacial score (nSPS) is 17.0. The predicted molar refractivity (Wildman–Crippen MR) is 144 cm³/mol. The Morgan fingerprint density at radius 2 is 1.98 bits per heavy atom. The number of likely N-dealkylation sites (N-methyl/N-ethyl adjacent to an activating group) is 1. The summed E-state index contributed by atoms with van der Waals surface area (Å²) in [7, 11) is -1.63. The molecule has 13 nitrogen and oxygen atoms in total. The summed E-state index contributed by atoms with van der Waals surface area (Å²) in [6, 6.07) is 14.9. The van der Waals surface area contributed by atoms with Gasteiger partial charge >= 0.3 is 5.97 Å². The molecule has 3 heterocycles. The van der Waals surface area contributed by atoms with Crippen molar-refractivity contribution in [2.24, 2.45) is 0 Å². The molecule has 4 aromatic rings. The fourth-order valence-corrected chi connectivity index (χ4v) is 6.36. The van der Waals surface area contributed by atoms with E-state index in [1.54, 1.807) is 35.1 Å². The molecule has 0 radical (unpaired) electrons. The summed E-state index contributed by atoms with van der Waals surface area (Å²) >= 11 is 0. The topological polar surface area (TPSA) is 154 Å². The number of nitro groups is 1. The lowest BCUT2D eigenvalue weighted by Gasteiger charge is -2.23. The number of hydrogen-bond acceptors (Lipinski definition) is 10. The van der Waals surface area contributed by atoms with Crippen molar-refractivity contribution in [2.45, 2.75) is 25.6 Å². The van der Waals surface area contributed by atoms with Gasteiger partial charge in [-0.1, -0.05) is 35.5 Å². The zero-order valence-corrected chi connectivity index (χ0v) is 22.6. The van der Waals surface area contributed by atoms with Crippen molar-refractivity contribution in [3.8, 4) is 0 Å². The quantitative estimate of drug-likeness (QED) is 0.114. The van der Waals surface area contributed by atoms with Crippen LogP contribution in [0.5, 0.6) is 0 Å². The number of fused-ring (bicyclic) bond motifs is 1. The van der Waals surface area contributed by atoms with Crippen LogP contribution in [0.4, 0.5) is 5.69 Å². The first-order valence-electron chi connectivity index (χ1n) is 12.6. The number of rotatable bonds is 11. The van der Waals surface area contributed by atoms with Crippen molar-refractivity contribution < 1.29 is 27.3 Å². The number of esters is 1. The number of ether oxygens (including phenoxy) is 1. The average Bonchev–Trinajstić information content (AvgIpc) is 3.64. The summed E-state index contributed by atoms with van der Waals surface area (Å²) in [6.07, 6.45) is 2.21. The molecule has 0 bridgehead atoms. The van der Waals surface area contributed by atoms with E-state index >= 15 is 0 Å². The van der Waals surface area contributed by atoms with Crippen molar-refractivity contribution >= 4 is 32.6 Å². The second kappa shape index (κ2) is 11.5. The van der Waals surface area contributed by atoms with Gasteiger partial charge in [-0.25, -0.2) is 17.9 Å². The van der Waals surface area contributed by atoms with Crippen molar-refractivity contribution in [1.82, 2.24) is 24.2 Å². The van der Waals surface area contributed by atoms with Crippen LogP contribution in [0.3, 0.4) is 0 Å². The third kappa shape index (κ3) is 6.35. The highest BCUT2D eigenvalue weighted by atomic mass is 32.2. The number of sulfonamides is 1. The number of benzene rings is 2. The van der Waals surface area contributed by atoms with Gasteiger partial charge in [-0.2, -0.15) is 4.31 Å². The number of furan rings is 1. The Morgan fingerprint density at radius 1 is 1.20 bits per heavy atom. The lowest BCUT2D eigenvalue weighted by molar-refractivity contribution is -0.384. The minimum absolute atomic E-state index is 0.00506. The molecule has 1 atom stereocenters. The fourth-order valence-electron chi connectivity index (χ4n) is 4.57. The monoisotopic (exact) mass is 568 g/mol. The molecule has 14 heteroatoms.